The van der Waals surface area contributed by atoms with E-state index in [2.05, 4.69) is 15.8 Å². The van der Waals surface area contributed by atoms with Crippen LogP contribution in [0.2, 0.25) is 0 Å². The highest BCUT2D eigenvalue weighted by molar-refractivity contribution is 5.90. The van der Waals surface area contributed by atoms with Crippen LogP contribution in [0.1, 0.15) is 38.1 Å². The molecule has 0 aromatic carbocycles. The van der Waals surface area contributed by atoms with Crippen molar-refractivity contribution in [2.75, 3.05) is 11.9 Å². The van der Waals surface area contributed by atoms with Crippen molar-refractivity contribution in [1.82, 2.24) is 10.5 Å². The number of anilines is 1. The SMILES string of the molecule is CCc1onc(C)c1NC(=O)NC(CC)CCO. The van der Waals surface area contributed by atoms with E-state index in [9.17, 15) is 4.79 Å². The fraction of sp³-hybridized carbons (Fsp3) is 0.667. The third kappa shape index (κ3) is 3.73. The Morgan fingerprint density at radius 3 is 2.78 bits per heavy atom. The number of aromatic nitrogens is 1. The van der Waals surface area contributed by atoms with Gasteiger partial charge in [-0.15, -0.1) is 0 Å². The van der Waals surface area contributed by atoms with Crippen LogP contribution in [0.5, 0.6) is 0 Å². The topological polar surface area (TPSA) is 87.4 Å². The molecule has 3 N–H and O–H groups in total. The molecule has 1 aromatic rings. The zero-order valence-electron chi connectivity index (χ0n) is 11.1. The van der Waals surface area contributed by atoms with Crippen LogP contribution in [0.15, 0.2) is 4.52 Å². The summed E-state index contributed by atoms with van der Waals surface area (Å²) in [5.74, 6) is 0.665. The van der Waals surface area contributed by atoms with Crippen molar-refractivity contribution in [3.8, 4) is 0 Å². The monoisotopic (exact) mass is 255 g/mol. The summed E-state index contributed by atoms with van der Waals surface area (Å²) in [6.07, 6.45) is 1.99. The molecule has 0 aliphatic carbocycles. The van der Waals surface area contributed by atoms with Gasteiger partial charge >= 0.3 is 6.03 Å². The number of hydrogen-bond acceptors (Lipinski definition) is 4. The van der Waals surface area contributed by atoms with Crippen LogP contribution in [0.3, 0.4) is 0 Å². The van der Waals surface area contributed by atoms with Gasteiger partial charge in [0.25, 0.3) is 0 Å². The van der Waals surface area contributed by atoms with Crippen LogP contribution in [0.4, 0.5) is 10.5 Å². The molecule has 0 bridgehead atoms. The lowest BCUT2D eigenvalue weighted by molar-refractivity contribution is 0.237. The Kier molecular flexibility index (Phi) is 5.64. The van der Waals surface area contributed by atoms with Crippen molar-refractivity contribution in [3.63, 3.8) is 0 Å². The molecule has 0 aliphatic heterocycles. The van der Waals surface area contributed by atoms with E-state index in [0.717, 1.165) is 6.42 Å². The molecule has 0 saturated heterocycles. The minimum atomic E-state index is -0.295. The van der Waals surface area contributed by atoms with E-state index in [1.54, 1.807) is 6.92 Å². The lowest BCUT2D eigenvalue weighted by Gasteiger charge is -2.16. The number of urea groups is 1. The average Bonchev–Trinajstić information content (AvgIpc) is 2.70. The number of aliphatic hydroxyl groups is 1. The molecule has 0 saturated carbocycles. The van der Waals surface area contributed by atoms with Crippen LogP contribution in [0, 0.1) is 6.92 Å². The number of amides is 2. The Bertz CT molecular complexity index is 390. The maximum absolute atomic E-state index is 11.8. The smallest absolute Gasteiger partial charge is 0.319 e. The zero-order chi connectivity index (χ0) is 13.5. The van der Waals surface area contributed by atoms with Gasteiger partial charge in [-0.3, -0.25) is 0 Å². The van der Waals surface area contributed by atoms with E-state index in [1.165, 1.54) is 0 Å². The molecule has 1 heterocycles. The van der Waals surface area contributed by atoms with Crippen LogP contribution in [0.25, 0.3) is 0 Å². The van der Waals surface area contributed by atoms with Crippen LogP contribution < -0.4 is 10.6 Å². The maximum atomic E-state index is 11.8. The van der Waals surface area contributed by atoms with Gasteiger partial charge in [-0.25, -0.2) is 4.79 Å². The number of aryl methyl sites for hydroxylation is 2. The van der Waals surface area contributed by atoms with Crippen molar-refractivity contribution >= 4 is 11.7 Å². The summed E-state index contributed by atoms with van der Waals surface area (Å²) in [5.41, 5.74) is 1.30. The van der Waals surface area contributed by atoms with E-state index in [1.807, 2.05) is 13.8 Å². The lowest BCUT2D eigenvalue weighted by Crippen LogP contribution is -2.38. The van der Waals surface area contributed by atoms with Gasteiger partial charge in [0.05, 0.1) is 0 Å². The third-order valence-electron chi connectivity index (χ3n) is 2.80. The number of aliphatic hydroxyl groups excluding tert-OH is 1. The van der Waals surface area contributed by atoms with Gasteiger partial charge in [-0.05, 0) is 19.8 Å². The number of carbonyl (C=O) groups excluding carboxylic acids is 1. The highest BCUT2D eigenvalue weighted by atomic mass is 16.5. The number of nitrogens with one attached hydrogen (secondary N) is 2. The van der Waals surface area contributed by atoms with Crippen molar-refractivity contribution < 1.29 is 14.4 Å². The molecule has 6 heteroatoms. The van der Waals surface area contributed by atoms with E-state index < -0.39 is 0 Å². The first-order valence-electron chi connectivity index (χ1n) is 6.25. The van der Waals surface area contributed by atoms with Gasteiger partial charge in [0.2, 0.25) is 0 Å². The fourth-order valence-corrected chi connectivity index (χ4v) is 1.69. The molecule has 2 amide bonds. The maximum Gasteiger partial charge on any atom is 0.319 e. The van der Waals surface area contributed by atoms with Crippen LogP contribution in [-0.2, 0) is 6.42 Å². The number of hydrogen-bond donors (Lipinski definition) is 3. The first-order valence-corrected chi connectivity index (χ1v) is 6.25. The van der Waals surface area contributed by atoms with Crippen molar-refractivity contribution in [2.24, 2.45) is 0 Å². The second-order valence-electron chi connectivity index (χ2n) is 4.14. The summed E-state index contributed by atoms with van der Waals surface area (Å²) < 4.78 is 5.09. The summed E-state index contributed by atoms with van der Waals surface area (Å²) in [4.78, 5) is 11.8. The average molecular weight is 255 g/mol. The van der Waals surface area contributed by atoms with Gasteiger partial charge in [-0.2, -0.15) is 0 Å². The lowest BCUT2D eigenvalue weighted by atomic mass is 10.1. The highest BCUT2D eigenvalue weighted by Gasteiger charge is 2.16. The Balaban J connectivity index is 2.61. The molecule has 1 aromatic heterocycles. The van der Waals surface area contributed by atoms with Crippen molar-refractivity contribution in [2.45, 2.75) is 46.1 Å². The number of nitrogens with zero attached hydrogens (tertiary/aromatic N) is 1. The molecule has 6 nitrogen and oxygen atoms in total. The van der Waals surface area contributed by atoms with E-state index in [4.69, 9.17) is 9.63 Å². The van der Waals surface area contributed by atoms with Gasteiger partial charge in [0.1, 0.15) is 11.4 Å². The first-order chi connectivity index (χ1) is 8.62. The molecule has 18 heavy (non-hydrogen) atoms. The minimum Gasteiger partial charge on any atom is -0.396 e. The second kappa shape index (κ2) is 7.00. The minimum absolute atomic E-state index is 0.0276. The predicted molar refractivity (Wildman–Crippen MR) is 68.6 cm³/mol. The molecule has 0 spiro atoms. The van der Waals surface area contributed by atoms with E-state index in [0.29, 0.717) is 30.0 Å². The molecule has 1 rings (SSSR count). The van der Waals surface area contributed by atoms with Gasteiger partial charge in [0.15, 0.2) is 5.76 Å². The number of carbonyl (C=O) groups is 1. The van der Waals surface area contributed by atoms with E-state index in [-0.39, 0.29) is 18.7 Å². The van der Waals surface area contributed by atoms with Crippen LogP contribution >= 0.6 is 0 Å². The molecular weight excluding hydrogens is 234 g/mol. The molecule has 1 unspecified atom stereocenters. The molecule has 102 valence electrons. The highest BCUT2D eigenvalue weighted by Crippen LogP contribution is 2.20. The summed E-state index contributed by atoms with van der Waals surface area (Å²) in [7, 11) is 0. The summed E-state index contributed by atoms with van der Waals surface area (Å²) in [5, 5.41) is 18.2. The van der Waals surface area contributed by atoms with Crippen molar-refractivity contribution in [1.29, 1.82) is 0 Å². The van der Waals surface area contributed by atoms with Gasteiger partial charge in [0, 0.05) is 19.1 Å². The quantitative estimate of drug-likeness (QED) is 0.723. The second-order valence-corrected chi connectivity index (χ2v) is 4.14. The molecule has 0 radical (unpaired) electrons. The number of rotatable bonds is 6. The largest absolute Gasteiger partial charge is 0.396 e. The first kappa shape index (κ1) is 14.5. The Morgan fingerprint density at radius 1 is 1.50 bits per heavy atom. The van der Waals surface area contributed by atoms with Gasteiger partial charge < -0.3 is 20.3 Å². The standard InChI is InChI=1S/C12H21N3O3/c1-4-9(6-7-16)13-12(17)14-11-8(3)15-18-10(11)5-2/h9,16H,4-7H2,1-3H3,(H2,13,14,17). The zero-order valence-corrected chi connectivity index (χ0v) is 11.1. The Hall–Kier alpha value is -1.56. The Morgan fingerprint density at radius 2 is 2.22 bits per heavy atom. The van der Waals surface area contributed by atoms with Crippen molar-refractivity contribution in [3.05, 3.63) is 11.5 Å². The molecule has 0 fully saturated rings. The third-order valence-corrected chi connectivity index (χ3v) is 2.80. The van der Waals surface area contributed by atoms with Gasteiger partial charge in [-0.1, -0.05) is 19.0 Å². The fourth-order valence-electron chi connectivity index (χ4n) is 1.69. The summed E-state index contributed by atoms with van der Waals surface area (Å²) in [6.45, 7) is 5.74. The molecule has 1 atom stereocenters. The summed E-state index contributed by atoms with van der Waals surface area (Å²) >= 11 is 0. The summed E-state index contributed by atoms with van der Waals surface area (Å²) in [6, 6.07) is -0.323. The van der Waals surface area contributed by atoms with Crippen LogP contribution in [-0.4, -0.2) is 28.9 Å². The normalized spacial score (nSPS) is 12.2. The Labute approximate surface area is 107 Å². The molecule has 0 aliphatic rings. The van der Waals surface area contributed by atoms with E-state index >= 15 is 0 Å². The molecular formula is C12H21N3O3. The predicted octanol–water partition coefficient (Wildman–Crippen LogP) is 1.83.